The third-order valence-corrected chi connectivity index (χ3v) is 5.20. The van der Waals surface area contributed by atoms with Crippen LogP contribution in [0.4, 0.5) is 4.39 Å². The van der Waals surface area contributed by atoms with Crippen LogP contribution >= 0.6 is 0 Å². The fraction of sp³-hybridized carbons (Fsp3) is 0.318. The molecule has 28 heavy (non-hydrogen) atoms. The average molecular weight is 379 g/mol. The number of aromatic nitrogens is 3. The zero-order chi connectivity index (χ0) is 19.5. The Morgan fingerprint density at radius 2 is 2.00 bits per heavy atom. The van der Waals surface area contributed by atoms with Gasteiger partial charge in [0.25, 0.3) is 5.89 Å². The molecule has 1 saturated carbocycles. The predicted octanol–water partition coefficient (Wildman–Crippen LogP) is 5.37. The van der Waals surface area contributed by atoms with E-state index in [2.05, 4.69) is 15.1 Å². The van der Waals surface area contributed by atoms with Gasteiger partial charge in [-0.1, -0.05) is 10.7 Å². The van der Waals surface area contributed by atoms with Gasteiger partial charge in [0.05, 0.1) is 0 Å². The molecule has 1 aliphatic rings. The quantitative estimate of drug-likeness (QED) is 0.376. The van der Waals surface area contributed by atoms with Crippen molar-refractivity contribution < 1.29 is 13.7 Å². The SMILES string of the molecule is Cc1ccc(-c2nc([C@H]3CCC/C(=C\C(=O)c4ccc(F)cc4)CC3)no2)[nH]1. The second-order valence-corrected chi connectivity index (χ2v) is 7.31. The van der Waals surface area contributed by atoms with E-state index in [1.807, 2.05) is 19.1 Å². The smallest absolute Gasteiger partial charge is 0.274 e. The largest absolute Gasteiger partial charge is 0.355 e. The minimum atomic E-state index is -0.337. The van der Waals surface area contributed by atoms with Gasteiger partial charge in [0.1, 0.15) is 11.5 Å². The molecule has 2 aromatic heterocycles. The number of nitrogens with one attached hydrogen (secondary N) is 1. The van der Waals surface area contributed by atoms with E-state index in [4.69, 9.17) is 4.52 Å². The van der Waals surface area contributed by atoms with Crippen LogP contribution in [-0.4, -0.2) is 20.9 Å². The van der Waals surface area contributed by atoms with Crippen molar-refractivity contribution in [3.8, 4) is 11.6 Å². The molecule has 1 N–H and O–H groups in total. The zero-order valence-corrected chi connectivity index (χ0v) is 15.7. The number of carbonyl (C=O) groups is 1. The number of halogens is 1. The Morgan fingerprint density at radius 1 is 1.18 bits per heavy atom. The first-order valence-corrected chi connectivity index (χ1v) is 9.57. The molecule has 0 radical (unpaired) electrons. The molecule has 2 heterocycles. The van der Waals surface area contributed by atoms with Gasteiger partial charge in [0.15, 0.2) is 11.6 Å². The summed E-state index contributed by atoms with van der Waals surface area (Å²) in [6, 6.07) is 9.58. The van der Waals surface area contributed by atoms with Crippen LogP contribution in [0.3, 0.4) is 0 Å². The van der Waals surface area contributed by atoms with Crippen LogP contribution in [0.25, 0.3) is 11.6 Å². The Morgan fingerprint density at radius 3 is 2.75 bits per heavy atom. The molecule has 3 aromatic rings. The van der Waals surface area contributed by atoms with Gasteiger partial charge >= 0.3 is 0 Å². The van der Waals surface area contributed by atoms with E-state index >= 15 is 0 Å². The van der Waals surface area contributed by atoms with E-state index in [1.165, 1.54) is 24.3 Å². The first kappa shape index (κ1) is 18.3. The van der Waals surface area contributed by atoms with Crippen LogP contribution in [0.5, 0.6) is 0 Å². The highest BCUT2D eigenvalue weighted by Crippen LogP contribution is 2.33. The van der Waals surface area contributed by atoms with Crippen LogP contribution in [-0.2, 0) is 0 Å². The molecule has 0 spiro atoms. The number of aryl methyl sites for hydroxylation is 1. The number of carbonyl (C=O) groups excluding carboxylic acids is 1. The Kier molecular flexibility index (Phi) is 5.19. The number of H-pyrrole nitrogens is 1. The highest BCUT2D eigenvalue weighted by Gasteiger charge is 2.22. The Balaban J connectivity index is 1.43. The molecule has 144 valence electrons. The summed E-state index contributed by atoms with van der Waals surface area (Å²) in [4.78, 5) is 20.2. The van der Waals surface area contributed by atoms with Crippen molar-refractivity contribution in [2.24, 2.45) is 0 Å². The minimum Gasteiger partial charge on any atom is -0.355 e. The second kappa shape index (κ2) is 7.92. The normalized spacial score (nSPS) is 18.9. The average Bonchev–Trinajstić information content (AvgIpc) is 3.28. The molecule has 0 aliphatic heterocycles. The summed E-state index contributed by atoms with van der Waals surface area (Å²) in [5.41, 5.74) is 3.51. The number of allylic oxidation sites excluding steroid dienone is 2. The number of aromatic amines is 1. The van der Waals surface area contributed by atoms with Crippen LogP contribution in [0.1, 0.15) is 59.9 Å². The van der Waals surface area contributed by atoms with Crippen molar-refractivity contribution in [2.45, 2.75) is 44.9 Å². The summed E-state index contributed by atoms with van der Waals surface area (Å²) in [6.45, 7) is 1.98. The third-order valence-electron chi connectivity index (χ3n) is 5.20. The predicted molar refractivity (Wildman–Crippen MR) is 103 cm³/mol. The summed E-state index contributed by atoms with van der Waals surface area (Å²) in [5, 5.41) is 4.18. The molecule has 0 bridgehead atoms. The van der Waals surface area contributed by atoms with Gasteiger partial charge in [-0.15, -0.1) is 0 Å². The molecule has 0 unspecified atom stereocenters. The van der Waals surface area contributed by atoms with Crippen molar-refractivity contribution in [3.05, 3.63) is 70.9 Å². The van der Waals surface area contributed by atoms with E-state index in [9.17, 15) is 9.18 Å². The first-order valence-electron chi connectivity index (χ1n) is 9.57. The summed E-state index contributed by atoms with van der Waals surface area (Å²) in [7, 11) is 0. The maximum Gasteiger partial charge on any atom is 0.274 e. The van der Waals surface area contributed by atoms with Crippen LogP contribution in [0, 0.1) is 12.7 Å². The maximum atomic E-state index is 13.0. The van der Waals surface area contributed by atoms with Crippen molar-refractivity contribution in [3.63, 3.8) is 0 Å². The first-order chi connectivity index (χ1) is 13.6. The molecule has 0 amide bonds. The van der Waals surface area contributed by atoms with E-state index in [0.717, 1.165) is 54.9 Å². The number of ketones is 1. The van der Waals surface area contributed by atoms with Crippen molar-refractivity contribution in [2.75, 3.05) is 0 Å². The summed E-state index contributed by atoms with van der Waals surface area (Å²) in [6.07, 6.45) is 6.22. The molecule has 1 atom stereocenters. The summed E-state index contributed by atoms with van der Waals surface area (Å²) < 4.78 is 18.5. The van der Waals surface area contributed by atoms with E-state index < -0.39 is 0 Å². The Hall–Kier alpha value is -3.02. The zero-order valence-electron chi connectivity index (χ0n) is 15.7. The van der Waals surface area contributed by atoms with Gasteiger partial charge in [0.2, 0.25) is 0 Å². The lowest BCUT2D eigenvalue weighted by atomic mass is 9.99. The monoisotopic (exact) mass is 379 g/mol. The van der Waals surface area contributed by atoms with Crippen molar-refractivity contribution >= 4 is 5.78 Å². The molecular formula is C22H22FN3O2. The fourth-order valence-corrected chi connectivity index (χ4v) is 3.63. The minimum absolute atomic E-state index is 0.0718. The van der Waals surface area contributed by atoms with Crippen LogP contribution < -0.4 is 0 Å². The molecule has 1 aliphatic carbocycles. The molecule has 4 rings (SSSR count). The van der Waals surface area contributed by atoms with Gasteiger partial charge in [-0.2, -0.15) is 4.98 Å². The Bertz CT molecular complexity index is 1000. The molecule has 1 aromatic carbocycles. The molecule has 5 nitrogen and oxygen atoms in total. The lowest BCUT2D eigenvalue weighted by Crippen LogP contribution is -2.00. The third kappa shape index (κ3) is 4.11. The number of hydrogen-bond donors (Lipinski definition) is 1. The van der Waals surface area contributed by atoms with Crippen LogP contribution in [0.2, 0.25) is 0 Å². The van der Waals surface area contributed by atoms with Gasteiger partial charge in [-0.3, -0.25) is 4.79 Å². The van der Waals surface area contributed by atoms with Gasteiger partial charge < -0.3 is 9.51 Å². The van der Waals surface area contributed by atoms with Gasteiger partial charge in [0, 0.05) is 17.2 Å². The van der Waals surface area contributed by atoms with Gasteiger partial charge in [-0.25, -0.2) is 4.39 Å². The number of nitrogens with zero attached hydrogens (tertiary/aromatic N) is 2. The van der Waals surface area contributed by atoms with Crippen LogP contribution in [0.15, 0.2) is 52.6 Å². The number of rotatable bonds is 4. The second-order valence-electron chi connectivity index (χ2n) is 7.31. The Labute approximate surface area is 162 Å². The van der Waals surface area contributed by atoms with Crippen molar-refractivity contribution in [1.82, 2.24) is 15.1 Å². The molecular weight excluding hydrogens is 357 g/mol. The van der Waals surface area contributed by atoms with E-state index in [0.29, 0.717) is 11.5 Å². The lowest BCUT2D eigenvalue weighted by molar-refractivity contribution is 0.104. The number of hydrogen-bond acceptors (Lipinski definition) is 4. The fourth-order valence-electron chi connectivity index (χ4n) is 3.63. The van der Waals surface area contributed by atoms with Gasteiger partial charge in [-0.05, 0) is 81.5 Å². The topological polar surface area (TPSA) is 71.8 Å². The summed E-state index contributed by atoms with van der Waals surface area (Å²) >= 11 is 0. The van der Waals surface area contributed by atoms with E-state index in [-0.39, 0.29) is 17.5 Å². The number of benzene rings is 1. The van der Waals surface area contributed by atoms with Crippen molar-refractivity contribution in [1.29, 1.82) is 0 Å². The molecule has 6 heteroatoms. The maximum absolute atomic E-state index is 13.0. The highest BCUT2D eigenvalue weighted by molar-refractivity contribution is 6.04. The molecule has 1 fully saturated rings. The lowest BCUT2D eigenvalue weighted by Gasteiger charge is -2.07. The summed E-state index contributed by atoms with van der Waals surface area (Å²) in [5.74, 6) is 1.05. The standard InChI is InChI=1S/C22H22FN3O2/c1-14-5-12-19(24-14)22-25-21(26-28-22)17-4-2-3-15(6-7-17)13-20(27)16-8-10-18(23)11-9-16/h5,8-13,17,24H,2-4,6-7H2,1H3/b15-13+/t17-/m0/s1. The highest BCUT2D eigenvalue weighted by atomic mass is 19.1. The molecule has 0 saturated heterocycles. The van der Waals surface area contributed by atoms with E-state index in [1.54, 1.807) is 6.08 Å².